The van der Waals surface area contributed by atoms with Crippen LogP contribution in [0.25, 0.3) is 0 Å². The van der Waals surface area contributed by atoms with E-state index < -0.39 is 0 Å². The maximum atomic E-state index is 5.82. The van der Waals surface area contributed by atoms with Gasteiger partial charge in [-0.15, -0.1) is 0 Å². The first-order chi connectivity index (χ1) is 4.50. The van der Waals surface area contributed by atoms with E-state index in [1.807, 2.05) is 0 Å². The summed E-state index contributed by atoms with van der Waals surface area (Å²) in [5.41, 5.74) is 6.30. The highest BCUT2D eigenvalue weighted by molar-refractivity contribution is 4.84. The summed E-state index contributed by atoms with van der Waals surface area (Å²) in [4.78, 5) is 0. The van der Waals surface area contributed by atoms with E-state index in [9.17, 15) is 0 Å². The molecule has 60 valence electrons. The molecule has 0 spiro atoms. The first kappa shape index (κ1) is 8.06. The molecule has 10 heavy (non-hydrogen) atoms. The third-order valence-electron chi connectivity index (χ3n) is 2.70. The molecule has 0 saturated heterocycles. The van der Waals surface area contributed by atoms with Gasteiger partial charge in [-0.1, -0.05) is 20.8 Å². The molecule has 1 aliphatic rings. The van der Waals surface area contributed by atoms with Gasteiger partial charge >= 0.3 is 0 Å². The summed E-state index contributed by atoms with van der Waals surface area (Å²) in [5, 5.41) is 0. The normalized spacial score (nSPS) is 34.8. The van der Waals surface area contributed by atoms with Crippen molar-refractivity contribution in [2.45, 2.75) is 46.1 Å². The second-order valence-corrected chi connectivity index (χ2v) is 4.64. The summed E-state index contributed by atoms with van der Waals surface area (Å²) in [6, 6.07) is 0.490. The third kappa shape index (κ3) is 1.72. The number of nitrogens with two attached hydrogens (primary N) is 1. The predicted octanol–water partition coefficient (Wildman–Crippen LogP) is 2.16. The third-order valence-corrected chi connectivity index (χ3v) is 2.70. The van der Waals surface area contributed by atoms with E-state index >= 15 is 0 Å². The van der Waals surface area contributed by atoms with Crippen molar-refractivity contribution in [2.24, 2.45) is 17.1 Å². The zero-order valence-corrected chi connectivity index (χ0v) is 7.35. The summed E-state index contributed by atoms with van der Waals surface area (Å²) >= 11 is 0. The average molecular weight is 141 g/mol. The number of hydrogen-bond donors (Lipinski definition) is 1. The zero-order valence-electron chi connectivity index (χ0n) is 7.35. The van der Waals surface area contributed by atoms with Crippen LogP contribution >= 0.6 is 0 Å². The summed E-state index contributed by atoms with van der Waals surface area (Å²) < 4.78 is 0. The monoisotopic (exact) mass is 141 g/mol. The fraction of sp³-hybridized carbons (Fsp3) is 1.00. The first-order valence-corrected chi connectivity index (χ1v) is 4.26. The second kappa shape index (κ2) is 2.54. The Hall–Kier alpha value is -0.0400. The topological polar surface area (TPSA) is 26.0 Å². The maximum Gasteiger partial charge on any atom is 0.00417 e. The summed E-state index contributed by atoms with van der Waals surface area (Å²) in [7, 11) is 0. The molecule has 2 unspecified atom stereocenters. The van der Waals surface area contributed by atoms with Crippen molar-refractivity contribution in [1.82, 2.24) is 0 Å². The average Bonchev–Trinajstić information content (AvgIpc) is 2.11. The highest BCUT2D eigenvalue weighted by atomic mass is 14.7. The smallest absolute Gasteiger partial charge is 0.00417 e. The van der Waals surface area contributed by atoms with Gasteiger partial charge in [0.05, 0.1) is 0 Å². The molecule has 1 heteroatoms. The minimum Gasteiger partial charge on any atom is -0.328 e. The van der Waals surface area contributed by atoms with Crippen molar-refractivity contribution in [3.05, 3.63) is 0 Å². The SMILES string of the molecule is CC(C)(C)C1CCC(N)C1. The molecular formula is C9H19N. The lowest BCUT2D eigenvalue weighted by Crippen LogP contribution is -2.21. The van der Waals surface area contributed by atoms with Crippen LogP contribution < -0.4 is 5.73 Å². The molecule has 0 aliphatic heterocycles. The Balaban J connectivity index is 2.45. The molecule has 1 rings (SSSR count). The van der Waals surface area contributed by atoms with Crippen molar-refractivity contribution in [3.8, 4) is 0 Å². The molecule has 2 N–H and O–H groups in total. The van der Waals surface area contributed by atoms with Gasteiger partial charge in [0, 0.05) is 6.04 Å². The number of hydrogen-bond acceptors (Lipinski definition) is 1. The molecule has 1 aliphatic carbocycles. The molecule has 2 atom stereocenters. The van der Waals surface area contributed by atoms with Crippen molar-refractivity contribution < 1.29 is 0 Å². The Kier molecular flexibility index (Phi) is 2.04. The van der Waals surface area contributed by atoms with Crippen LogP contribution in [0.4, 0.5) is 0 Å². The molecule has 1 saturated carbocycles. The molecule has 1 fully saturated rings. The maximum absolute atomic E-state index is 5.82. The van der Waals surface area contributed by atoms with Gasteiger partial charge in [0.15, 0.2) is 0 Å². The molecule has 0 aromatic heterocycles. The van der Waals surface area contributed by atoms with Crippen LogP contribution in [0, 0.1) is 11.3 Å². The van der Waals surface area contributed by atoms with E-state index in [2.05, 4.69) is 20.8 Å². The predicted molar refractivity (Wildman–Crippen MR) is 44.8 cm³/mol. The van der Waals surface area contributed by atoms with Crippen LogP contribution in [0.15, 0.2) is 0 Å². The van der Waals surface area contributed by atoms with E-state index in [4.69, 9.17) is 5.73 Å². The highest BCUT2D eigenvalue weighted by Gasteiger charge is 2.30. The fourth-order valence-electron chi connectivity index (χ4n) is 1.80. The van der Waals surface area contributed by atoms with E-state index in [0.717, 1.165) is 5.92 Å². The zero-order chi connectivity index (χ0) is 7.78. The van der Waals surface area contributed by atoms with Crippen LogP contribution in [0.3, 0.4) is 0 Å². The molecule has 0 aromatic carbocycles. The van der Waals surface area contributed by atoms with E-state index in [1.165, 1.54) is 19.3 Å². The Morgan fingerprint density at radius 1 is 1.20 bits per heavy atom. The lowest BCUT2D eigenvalue weighted by molar-refractivity contribution is 0.244. The van der Waals surface area contributed by atoms with Gasteiger partial charge in [0.2, 0.25) is 0 Å². The molecule has 0 aromatic rings. The van der Waals surface area contributed by atoms with E-state index in [1.54, 1.807) is 0 Å². The van der Waals surface area contributed by atoms with Crippen molar-refractivity contribution >= 4 is 0 Å². The molecule has 0 heterocycles. The summed E-state index contributed by atoms with van der Waals surface area (Å²) in [5.74, 6) is 0.863. The van der Waals surface area contributed by atoms with Gasteiger partial charge < -0.3 is 5.73 Å². The van der Waals surface area contributed by atoms with Crippen molar-refractivity contribution in [1.29, 1.82) is 0 Å². The molecule has 0 bridgehead atoms. The van der Waals surface area contributed by atoms with Crippen LogP contribution in [0.2, 0.25) is 0 Å². The quantitative estimate of drug-likeness (QED) is 0.549. The Morgan fingerprint density at radius 2 is 1.80 bits per heavy atom. The molecule has 0 amide bonds. The minimum absolute atomic E-state index is 0.480. The van der Waals surface area contributed by atoms with Crippen LogP contribution in [-0.4, -0.2) is 6.04 Å². The van der Waals surface area contributed by atoms with Gasteiger partial charge in [0.25, 0.3) is 0 Å². The highest BCUT2D eigenvalue weighted by Crippen LogP contribution is 2.38. The van der Waals surface area contributed by atoms with Crippen molar-refractivity contribution in [2.75, 3.05) is 0 Å². The standard InChI is InChI=1S/C9H19N/c1-9(2,3)7-4-5-8(10)6-7/h7-8H,4-6,10H2,1-3H3. The van der Waals surface area contributed by atoms with Crippen LogP contribution in [-0.2, 0) is 0 Å². The summed E-state index contributed by atoms with van der Waals surface area (Å²) in [6.07, 6.45) is 3.82. The van der Waals surface area contributed by atoms with Gasteiger partial charge in [-0.05, 0) is 30.6 Å². The molecular weight excluding hydrogens is 122 g/mol. The Bertz CT molecular complexity index is 112. The largest absolute Gasteiger partial charge is 0.328 e. The fourth-order valence-corrected chi connectivity index (χ4v) is 1.80. The lowest BCUT2D eigenvalue weighted by atomic mass is 9.80. The lowest BCUT2D eigenvalue weighted by Gasteiger charge is -2.26. The molecule has 1 nitrogen and oxygen atoms in total. The number of rotatable bonds is 0. The second-order valence-electron chi connectivity index (χ2n) is 4.64. The van der Waals surface area contributed by atoms with E-state index in [-0.39, 0.29) is 0 Å². The van der Waals surface area contributed by atoms with Crippen molar-refractivity contribution in [3.63, 3.8) is 0 Å². The Labute approximate surface area is 64.0 Å². The van der Waals surface area contributed by atoms with Gasteiger partial charge in [-0.25, -0.2) is 0 Å². The van der Waals surface area contributed by atoms with Crippen LogP contribution in [0.5, 0.6) is 0 Å². The molecule has 0 radical (unpaired) electrons. The van der Waals surface area contributed by atoms with Gasteiger partial charge in [-0.3, -0.25) is 0 Å². The summed E-state index contributed by atoms with van der Waals surface area (Å²) in [6.45, 7) is 6.95. The Morgan fingerprint density at radius 3 is 2.00 bits per heavy atom. The van der Waals surface area contributed by atoms with Crippen LogP contribution in [0.1, 0.15) is 40.0 Å². The van der Waals surface area contributed by atoms with Gasteiger partial charge in [0.1, 0.15) is 0 Å². The van der Waals surface area contributed by atoms with Gasteiger partial charge in [-0.2, -0.15) is 0 Å². The minimum atomic E-state index is 0.480. The first-order valence-electron chi connectivity index (χ1n) is 4.26. The van der Waals surface area contributed by atoms with E-state index in [0.29, 0.717) is 11.5 Å².